The summed E-state index contributed by atoms with van der Waals surface area (Å²) in [5.74, 6) is 0. The van der Waals surface area contributed by atoms with E-state index < -0.39 is 0 Å². The highest BCUT2D eigenvalue weighted by atomic mass is 32.2. The van der Waals surface area contributed by atoms with Crippen molar-refractivity contribution in [2.45, 2.75) is 23.6 Å². The van der Waals surface area contributed by atoms with E-state index >= 15 is 0 Å². The molecule has 21 heavy (non-hydrogen) atoms. The van der Waals surface area contributed by atoms with Gasteiger partial charge in [0.05, 0.1) is 0 Å². The van der Waals surface area contributed by atoms with Crippen LogP contribution in [-0.2, 0) is 0 Å². The molecule has 0 atom stereocenters. The SMILES string of the molecule is Cc1ccc(-c2ccc(Sc3ccccc3)cc2)c(C)c1. The third kappa shape index (κ3) is 3.37. The van der Waals surface area contributed by atoms with Gasteiger partial charge >= 0.3 is 0 Å². The summed E-state index contributed by atoms with van der Waals surface area (Å²) in [4.78, 5) is 2.55. The minimum absolute atomic E-state index is 1.27. The largest absolute Gasteiger partial charge is 0.0901 e. The highest BCUT2D eigenvalue weighted by Gasteiger charge is 2.03. The van der Waals surface area contributed by atoms with Crippen molar-refractivity contribution in [2.75, 3.05) is 0 Å². The summed E-state index contributed by atoms with van der Waals surface area (Å²) in [7, 11) is 0. The second kappa shape index (κ2) is 6.19. The van der Waals surface area contributed by atoms with Gasteiger partial charge in [-0.2, -0.15) is 0 Å². The molecule has 0 spiro atoms. The highest BCUT2D eigenvalue weighted by Crippen LogP contribution is 2.30. The number of aryl methyl sites for hydroxylation is 2. The van der Waals surface area contributed by atoms with Crippen molar-refractivity contribution in [1.82, 2.24) is 0 Å². The fourth-order valence-corrected chi connectivity index (χ4v) is 3.30. The quantitative estimate of drug-likeness (QED) is 0.560. The molecular formula is C20H18S. The summed E-state index contributed by atoms with van der Waals surface area (Å²) in [6.45, 7) is 4.31. The summed E-state index contributed by atoms with van der Waals surface area (Å²) < 4.78 is 0. The summed E-state index contributed by atoms with van der Waals surface area (Å²) in [6, 6.07) is 25.9. The Hall–Kier alpha value is -1.99. The fourth-order valence-electron chi connectivity index (χ4n) is 2.46. The van der Waals surface area contributed by atoms with Gasteiger partial charge in [0, 0.05) is 9.79 Å². The predicted octanol–water partition coefficient (Wildman–Crippen LogP) is 6.12. The number of hydrogen-bond acceptors (Lipinski definition) is 1. The summed E-state index contributed by atoms with van der Waals surface area (Å²) >= 11 is 1.80. The molecule has 0 amide bonds. The molecule has 3 rings (SSSR count). The van der Waals surface area contributed by atoms with E-state index in [0.29, 0.717) is 0 Å². The first-order chi connectivity index (χ1) is 10.2. The van der Waals surface area contributed by atoms with E-state index in [2.05, 4.69) is 80.6 Å². The Balaban J connectivity index is 1.84. The van der Waals surface area contributed by atoms with Crippen LogP contribution in [0.3, 0.4) is 0 Å². The van der Waals surface area contributed by atoms with Crippen molar-refractivity contribution >= 4 is 11.8 Å². The normalized spacial score (nSPS) is 10.6. The molecule has 0 heterocycles. The minimum atomic E-state index is 1.27. The molecule has 0 aliphatic heterocycles. The van der Waals surface area contributed by atoms with Crippen LogP contribution in [0.5, 0.6) is 0 Å². The standard InChI is InChI=1S/C20H18S/c1-15-8-13-20(16(2)14-15)17-9-11-19(12-10-17)21-18-6-4-3-5-7-18/h3-14H,1-2H3. The molecule has 0 saturated carbocycles. The third-order valence-corrected chi connectivity index (χ3v) is 4.54. The van der Waals surface area contributed by atoms with Crippen molar-refractivity contribution in [1.29, 1.82) is 0 Å². The van der Waals surface area contributed by atoms with E-state index in [1.165, 1.54) is 32.0 Å². The van der Waals surface area contributed by atoms with E-state index in [4.69, 9.17) is 0 Å². The summed E-state index contributed by atoms with van der Waals surface area (Å²) in [6.07, 6.45) is 0. The Morgan fingerprint density at radius 1 is 0.667 bits per heavy atom. The molecule has 0 bridgehead atoms. The van der Waals surface area contributed by atoms with Gasteiger partial charge in [0.15, 0.2) is 0 Å². The van der Waals surface area contributed by atoms with Gasteiger partial charge in [-0.25, -0.2) is 0 Å². The van der Waals surface area contributed by atoms with Gasteiger partial charge in [0.1, 0.15) is 0 Å². The lowest BCUT2D eigenvalue weighted by Gasteiger charge is -2.08. The van der Waals surface area contributed by atoms with Crippen molar-refractivity contribution in [3.63, 3.8) is 0 Å². The smallest absolute Gasteiger partial charge is 0.0122 e. The van der Waals surface area contributed by atoms with E-state index in [1.807, 2.05) is 6.07 Å². The second-order valence-corrected chi connectivity index (χ2v) is 6.40. The van der Waals surface area contributed by atoms with E-state index in [0.717, 1.165) is 0 Å². The lowest BCUT2D eigenvalue weighted by molar-refractivity contribution is 1.37. The molecule has 0 fully saturated rings. The zero-order valence-electron chi connectivity index (χ0n) is 12.3. The second-order valence-electron chi connectivity index (χ2n) is 5.26. The van der Waals surface area contributed by atoms with Crippen LogP contribution in [0.15, 0.2) is 82.6 Å². The molecule has 1 heteroatoms. The monoisotopic (exact) mass is 290 g/mol. The van der Waals surface area contributed by atoms with Crippen LogP contribution >= 0.6 is 11.8 Å². The van der Waals surface area contributed by atoms with Crippen molar-refractivity contribution < 1.29 is 0 Å². The van der Waals surface area contributed by atoms with Crippen LogP contribution in [0.2, 0.25) is 0 Å². The molecule has 0 saturated heterocycles. The van der Waals surface area contributed by atoms with E-state index in [-0.39, 0.29) is 0 Å². The van der Waals surface area contributed by atoms with Crippen LogP contribution in [0.4, 0.5) is 0 Å². The van der Waals surface area contributed by atoms with Crippen LogP contribution in [0, 0.1) is 13.8 Å². The van der Waals surface area contributed by atoms with Gasteiger partial charge < -0.3 is 0 Å². The lowest BCUT2D eigenvalue weighted by atomic mass is 9.99. The van der Waals surface area contributed by atoms with Gasteiger partial charge in [0.2, 0.25) is 0 Å². The molecule has 0 aliphatic carbocycles. The minimum Gasteiger partial charge on any atom is -0.0901 e. The molecule has 0 aromatic heterocycles. The molecule has 0 aliphatic rings. The Kier molecular flexibility index (Phi) is 4.12. The molecular weight excluding hydrogens is 272 g/mol. The van der Waals surface area contributed by atoms with Gasteiger partial charge in [-0.05, 0) is 54.8 Å². The molecule has 0 nitrogen and oxygen atoms in total. The Bertz CT molecular complexity index is 728. The average Bonchev–Trinajstić information content (AvgIpc) is 2.49. The summed E-state index contributed by atoms with van der Waals surface area (Å²) in [5.41, 5.74) is 5.24. The number of hydrogen-bond donors (Lipinski definition) is 0. The first kappa shape index (κ1) is 14.0. The maximum absolute atomic E-state index is 2.24. The first-order valence-electron chi connectivity index (χ1n) is 7.13. The van der Waals surface area contributed by atoms with Gasteiger partial charge in [-0.3, -0.25) is 0 Å². The summed E-state index contributed by atoms with van der Waals surface area (Å²) in [5, 5.41) is 0. The Morgan fingerprint density at radius 3 is 2.00 bits per heavy atom. The molecule has 0 radical (unpaired) electrons. The Labute approximate surface area is 130 Å². The average molecular weight is 290 g/mol. The van der Waals surface area contributed by atoms with Gasteiger partial charge in [-0.1, -0.05) is 65.9 Å². The third-order valence-electron chi connectivity index (χ3n) is 3.53. The molecule has 3 aromatic carbocycles. The van der Waals surface area contributed by atoms with Gasteiger partial charge in [0.25, 0.3) is 0 Å². The molecule has 0 N–H and O–H groups in total. The number of rotatable bonds is 3. The van der Waals surface area contributed by atoms with E-state index in [1.54, 1.807) is 11.8 Å². The zero-order valence-corrected chi connectivity index (χ0v) is 13.2. The maximum Gasteiger partial charge on any atom is 0.0122 e. The lowest BCUT2D eigenvalue weighted by Crippen LogP contribution is -1.84. The van der Waals surface area contributed by atoms with Crippen LogP contribution in [0.25, 0.3) is 11.1 Å². The predicted molar refractivity (Wildman–Crippen MR) is 91.9 cm³/mol. The highest BCUT2D eigenvalue weighted by molar-refractivity contribution is 7.99. The topological polar surface area (TPSA) is 0 Å². The van der Waals surface area contributed by atoms with Crippen LogP contribution < -0.4 is 0 Å². The fraction of sp³-hybridized carbons (Fsp3) is 0.100. The van der Waals surface area contributed by atoms with E-state index in [9.17, 15) is 0 Å². The Morgan fingerprint density at radius 2 is 1.33 bits per heavy atom. The maximum atomic E-state index is 2.24. The van der Waals surface area contributed by atoms with Crippen LogP contribution in [-0.4, -0.2) is 0 Å². The molecule has 0 unspecified atom stereocenters. The van der Waals surface area contributed by atoms with Gasteiger partial charge in [-0.15, -0.1) is 0 Å². The van der Waals surface area contributed by atoms with Crippen molar-refractivity contribution in [3.8, 4) is 11.1 Å². The first-order valence-corrected chi connectivity index (χ1v) is 7.94. The van der Waals surface area contributed by atoms with Crippen molar-refractivity contribution in [2.24, 2.45) is 0 Å². The van der Waals surface area contributed by atoms with Crippen molar-refractivity contribution in [3.05, 3.63) is 83.9 Å². The molecule has 104 valence electrons. The van der Waals surface area contributed by atoms with Crippen LogP contribution in [0.1, 0.15) is 11.1 Å². The zero-order chi connectivity index (χ0) is 14.7. The molecule has 3 aromatic rings. The number of benzene rings is 3.